The number of carbonyl (C=O) groups excluding carboxylic acids is 1. The fraction of sp³-hybridized carbons (Fsp3) is 0.240. The summed E-state index contributed by atoms with van der Waals surface area (Å²) in [6.07, 6.45) is 1.13. The summed E-state index contributed by atoms with van der Waals surface area (Å²) >= 11 is 0. The number of nitrogens with zero attached hydrogens (tertiary/aromatic N) is 1. The number of rotatable bonds is 10. The first-order valence-corrected chi connectivity index (χ1v) is 12.2. The molecule has 0 bridgehead atoms. The van der Waals surface area contributed by atoms with Crippen molar-refractivity contribution in [2.24, 2.45) is 0 Å². The van der Waals surface area contributed by atoms with Gasteiger partial charge in [-0.05, 0) is 48.4 Å². The number of carbonyl (C=O) groups is 1. The maximum Gasteiger partial charge on any atom is 0.260 e. The van der Waals surface area contributed by atoms with Gasteiger partial charge in [0.1, 0.15) is 18.1 Å². The highest BCUT2D eigenvalue weighted by Crippen LogP contribution is 2.18. The van der Waals surface area contributed by atoms with Crippen LogP contribution in [-0.2, 0) is 27.8 Å². The van der Waals surface area contributed by atoms with E-state index in [1.165, 1.54) is 12.1 Å². The highest BCUT2D eigenvalue weighted by molar-refractivity contribution is 7.90. The Labute approximate surface area is 189 Å². The lowest BCUT2D eigenvalue weighted by molar-refractivity contribution is -0.133. The van der Waals surface area contributed by atoms with Crippen molar-refractivity contribution < 1.29 is 22.7 Å². The molecule has 0 saturated heterocycles. The summed E-state index contributed by atoms with van der Waals surface area (Å²) in [7, 11) is -3.33. The second-order valence-corrected chi connectivity index (χ2v) is 9.38. The molecular weight excluding hydrogens is 426 g/mol. The molecule has 0 radical (unpaired) electrons. The Bertz CT molecular complexity index is 1130. The van der Waals surface area contributed by atoms with Crippen molar-refractivity contribution in [3.05, 3.63) is 90.0 Å². The zero-order chi connectivity index (χ0) is 23.0. The molecule has 0 aliphatic carbocycles. The lowest BCUT2D eigenvalue weighted by Crippen LogP contribution is -2.34. The van der Waals surface area contributed by atoms with Gasteiger partial charge < -0.3 is 14.4 Å². The van der Waals surface area contributed by atoms with Gasteiger partial charge in [0, 0.05) is 19.3 Å². The summed E-state index contributed by atoms with van der Waals surface area (Å²) in [5.74, 6) is 0.931. The minimum Gasteiger partial charge on any atom is -0.489 e. The van der Waals surface area contributed by atoms with Crippen LogP contribution in [0, 0.1) is 0 Å². The number of hydrogen-bond acceptors (Lipinski definition) is 5. The number of ether oxygens (including phenoxy) is 2. The van der Waals surface area contributed by atoms with Crippen molar-refractivity contribution >= 4 is 15.7 Å². The molecule has 1 amide bonds. The Hall–Kier alpha value is -3.32. The van der Waals surface area contributed by atoms with E-state index >= 15 is 0 Å². The lowest BCUT2D eigenvalue weighted by atomic mass is 10.2. The van der Waals surface area contributed by atoms with Crippen LogP contribution in [0.2, 0.25) is 0 Å². The van der Waals surface area contributed by atoms with Gasteiger partial charge >= 0.3 is 0 Å². The minimum absolute atomic E-state index is 0.157. The van der Waals surface area contributed by atoms with Crippen LogP contribution >= 0.6 is 0 Å². The van der Waals surface area contributed by atoms with Crippen LogP contribution in [0.3, 0.4) is 0 Å². The fourth-order valence-electron chi connectivity index (χ4n) is 3.06. The zero-order valence-corrected chi connectivity index (χ0v) is 19.0. The molecule has 6 nitrogen and oxygen atoms in total. The second kappa shape index (κ2) is 10.8. The molecule has 7 heteroatoms. The molecule has 0 aliphatic heterocycles. The van der Waals surface area contributed by atoms with E-state index in [1.54, 1.807) is 17.0 Å². The Balaban J connectivity index is 1.53. The predicted molar refractivity (Wildman–Crippen MR) is 123 cm³/mol. The van der Waals surface area contributed by atoms with E-state index in [1.807, 2.05) is 61.5 Å². The first kappa shape index (κ1) is 23.3. The van der Waals surface area contributed by atoms with Gasteiger partial charge in [0.25, 0.3) is 5.91 Å². The summed E-state index contributed by atoms with van der Waals surface area (Å²) in [5.41, 5.74) is 2.08. The first-order chi connectivity index (χ1) is 15.3. The van der Waals surface area contributed by atoms with E-state index in [0.717, 1.165) is 23.1 Å². The molecule has 0 aromatic heterocycles. The zero-order valence-electron chi connectivity index (χ0n) is 18.2. The molecule has 3 aromatic rings. The van der Waals surface area contributed by atoms with Gasteiger partial charge in [0.2, 0.25) is 0 Å². The van der Waals surface area contributed by atoms with Crippen molar-refractivity contribution in [1.82, 2.24) is 4.90 Å². The lowest BCUT2D eigenvalue weighted by Gasteiger charge is -2.21. The Morgan fingerprint density at radius 1 is 0.844 bits per heavy atom. The smallest absolute Gasteiger partial charge is 0.260 e. The van der Waals surface area contributed by atoms with Crippen molar-refractivity contribution in [2.75, 3.05) is 19.4 Å². The van der Waals surface area contributed by atoms with Gasteiger partial charge in [0.15, 0.2) is 16.4 Å². The van der Waals surface area contributed by atoms with Crippen molar-refractivity contribution in [3.63, 3.8) is 0 Å². The number of likely N-dealkylation sites (N-methyl/N-ethyl adjacent to an activating group) is 1. The maximum absolute atomic E-state index is 12.6. The number of amides is 1. The van der Waals surface area contributed by atoms with Gasteiger partial charge in [-0.2, -0.15) is 0 Å². The second-order valence-electron chi connectivity index (χ2n) is 7.36. The molecule has 3 rings (SSSR count). The molecule has 168 valence electrons. The molecular formula is C25H27NO5S. The molecule has 0 saturated carbocycles. The monoisotopic (exact) mass is 453 g/mol. The SMILES string of the molecule is CCN(Cc1ccc(OCc2ccccc2)cc1)C(=O)COc1cccc(S(C)(=O)=O)c1. The van der Waals surface area contributed by atoms with E-state index in [0.29, 0.717) is 25.4 Å². The normalized spacial score (nSPS) is 11.1. The third-order valence-electron chi connectivity index (χ3n) is 4.88. The summed E-state index contributed by atoms with van der Waals surface area (Å²) in [4.78, 5) is 14.5. The Kier molecular flexibility index (Phi) is 7.89. The molecule has 0 unspecified atom stereocenters. The van der Waals surface area contributed by atoms with Crippen LogP contribution in [0.5, 0.6) is 11.5 Å². The fourth-order valence-corrected chi connectivity index (χ4v) is 3.72. The van der Waals surface area contributed by atoms with Gasteiger partial charge in [-0.15, -0.1) is 0 Å². The molecule has 0 spiro atoms. The van der Waals surface area contributed by atoms with E-state index in [9.17, 15) is 13.2 Å². The van der Waals surface area contributed by atoms with Crippen molar-refractivity contribution in [3.8, 4) is 11.5 Å². The molecule has 0 aliphatic rings. The molecule has 0 fully saturated rings. The molecule has 32 heavy (non-hydrogen) atoms. The summed E-state index contributed by atoms with van der Waals surface area (Å²) in [6.45, 7) is 3.20. The topological polar surface area (TPSA) is 72.9 Å². The Morgan fingerprint density at radius 2 is 1.56 bits per heavy atom. The highest BCUT2D eigenvalue weighted by atomic mass is 32.2. The average Bonchev–Trinajstić information content (AvgIpc) is 2.80. The van der Waals surface area contributed by atoms with E-state index < -0.39 is 9.84 Å². The quantitative estimate of drug-likeness (QED) is 0.462. The minimum atomic E-state index is -3.33. The van der Waals surface area contributed by atoms with E-state index in [2.05, 4.69) is 0 Å². The third kappa shape index (κ3) is 6.85. The Morgan fingerprint density at radius 3 is 2.22 bits per heavy atom. The standard InChI is InChI=1S/C25H27NO5S/c1-3-26(25(27)19-31-23-10-7-11-24(16-23)32(2,28)29)17-20-12-14-22(15-13-20)30-18-21-8-5-4-6-9-21/h4-16H,3,17-19H2,1-2H3. The van der Waals surface area contributed by atoms with Gasteiger partial charge in [-0.1, -0.05) is 48.5 Å². The van der Waals surface area contributed by atoms with Crippen LogP contribution in [0.1, 0.15) is 18.1 Å². The van der Waals surface area contributed by atoms with Crippen LogP contribution in [-0.4, -0.2) is 38.6 Å². The van der Waals surface area contributed by atoms with Crippen molar-refractivity contribution in [2.45, 2.75) is 25.0 Å². The maximum atomic E-state index is 12.6. The predicted octanol–water partition coefficient (Wildman–Crippen LogP) is 4.10. The number of sulfone groups is 1. The third-order valence-corrected chi connectivity index (χ3v) is 5.99. The molecule has 3 aromatic carbocycles. The summed E-state index contributed by atoms with van der Waals surface area (Å²) < 4.78 is 34.7. The van der Waals surface area contributed by atoms with Gasteiger partial charge in [-0.25, -0.2) is 8.42 Å². The average molecular weight is 454 g/mol. The molecule has 0 atom stereocenters. The van der Waals surface area contributed by atoms with Crippen LogP contribution < -0.4 is 9.47 Å². The van der Waals surface area contributed by atoms with Crippen LogP contribution in [0.4, 0.5) is 0 Å². The number of benzene rings is 3. The van der Waals surface area contributed by atoms with Crippen LogP contribution in [0.15, 0.2) is 83.8 Å². The van der Waals surface area contributed by atoms with E-state index in [-0.39, 0.29) is 17.4 Å². The number of hydrogen-bond donors (Lipinski definition) is 0. The summed E-state index contributed by atoms with van der Waals surface area (Å²) in [6, 6.07) is 23.7. The molecule has 0 heterocycles. The first-order valence-electron chi connectivity index (χ1n) is 10.3. The van der Waals surface area contributed by atoms with Crippen molar-refractivity contribution in [1.29, 1.82) is 0 Å². The van der Waals surface area contributed by atoms with E-state index in [4.69, 9.17) is 9.47 Å². The van der Waals surface area contributed by atoms with Gasteiger partial charge in [0.05, 0.1) is 4.90 Å². The molecule has 0 N–H and O–H groups in total. The summed E-state index contributed by atoms with van der Waals surface area (Å²) in [5, 5.41) is 0. The highest BCUT2D eigenvalue weighted by Gasteiger charge is 2.14. The van der Waals surface area contributed by atoms with Gasteiger partial charge in [-0.3, -0.25) is 4.79 Å². The van der Waals surface area contributed by atoms with Crippen LogP contribution in [0.25, 0.3) is 0 Å². The largest absolute Gasteiger partial charge is 0.489 e.